The maximum absolute atomic E-state index is 12.6. The molecule has 10 heteroatoms. The second kappa shape index (κ2) is 7.65. The number of alkyl halides is 2. The monoisotopic (exact) mass is 384 g/mol. The van der Waals surface area contributed by atoms with Crippen LogP contribution in [-0.4, -0.2) is 40.0 Å². The Morgan fingerprint density at radius 1 is 1.23 bits per heavy atom. The molecule has 0 aliphatic carbocycles. The Bertz CT molecular complexity index is 948. The summed E-state index contributed by atoms with van der Waals surface area (Å²) in [6.07, 6.45) is 1.53. The molecule has 0 bridgehead atoms. The third-order valence-corrected chi connectivity index (χ3v) is 4.67. The van der Waals surface area contributed by atoms with E-state index >= 15 is 0 Å². The zero-order chi connectivity index (χ0) is 18.7. The zero-order valence-corrected chi connectivity index (χ0v) is 14.7. The Morgan fingerprint density at radius 3 is 2.73 bits per heavy atom. The van der Waals surface area contributed by atoms with Gasteiger partial charge in [0.05, 0.1) is 47.5 Å². The second-order valence-corrected chi connectivity index (χ2v) is 6.45. The molecule has 0 saturated heterocycles. The maximum Gasteiger partial charge on any atom is 0.387 e. The van der Waals surface area contributed by atoms with Crippen molar-refractivity contribution in [1.29, 1.82) is 0 Å². The van der Waals surface area contributed by atoms with Gasteiger partial charge in [0.1, 0.15) is 5.75 Å². The summed E-state index contributed by atoms with van der Waals surface area (Å²) < 4.78 is 52.1. The summed E-state index contributed by atoms with van der Waals surface area (Å²) in [5.74, 6) is 0.908. The van der Waals surface area contributed by atoms with Crippen molar-refractivity contribution < 1.29 is 27.2 Å². The Labute approximate surface area is 149 Å². The van der Waals surface area contributed by atoms with Gasteiger partial charge in [-0.25, -0.2) is 4.98 Å². The fraction of sp³-hybridized carbons (Fsp3) is 0.250. The van der Waals surface area contributed by atoms with Gasteiger partial charge in [-0.05, 0) is 12.1 Å². The highest BCUT2D eigenvalue weighted by molar-refractivity contribution is 7.84. The summed E-state index contributed by atoms with van der Waals surface area (Å²) >= 11 is 0. The van der Waals surface area contributed by atoms with Crippen LogP contribution in [0.5, 0.6) is 17.2 Å². The number of H-pyrrole nitrogens is 1. The topological polar surface area (TPSA) is 86.3 Å². The molecule has 1 N–H and O–H groups in total. The number of nitrogens with zero attached hydrogens (tertiary/aromatic N) is 2. The molecule has 1 aromatic carbocycles. The number of nitrogens with one attached hydrogen (secondary N) is 1. The molecule has 0 aliphatic heterocycles. The van der Waals surface area contributed by atoms with Gasteiger partial charge >= 0.3 is 6.61 Å². The van der Waals surface area contributed by atoms with Gasteiger partial charge in [0.25, 0.3) is 0 Å². The van der Waals surface area contributed by atoms with Gasteiger partial charge in [0, 0.05) is 18.3 Å². The number of methoxy groups -OCH3 is 2. The van der Waals surface area contributed by atoms with Crippen molar-refractivity contribution in [3.63, 3.8) is 0 Å². The highest BCUT2D eigenvalue weighted by Crippen LogP contribution is 2.30. The predicted molar refractivity (Wildman–Crippen MR) is 90.2 cm³/mol. The summed E-state index contributed by atoms with van der Waals surface area (Å²) in [4.78, 5) is 11.3. The smallest absolute Gasteiger partial charge is 0.387 e. The van der Waals surface area contributed by atoms with Crippen LogP contribution in [0.4, 0.5) is 8.78 Å². The molecule has 26 heavy (non-hydrogen) atoms. The molecule has 0 spiro atoms. The number of hydrogen-bond acceptors (Lipinski definition) is 6. The molecule has 1 unspecified atom stereocenters. The summed E-state index contributed by atoms with van der Waals surface area (Å²) in [5, 5.41) is 0.195. The third kappa shape index (κ3) is 3.74. The van der Waals surface area contributed by atoms with Crippen LogP contribution in [0.2, 0.25) is 0 Å². The number of rotatable bonds is 7. The normalized spacial score (nSPS) is 12.3. The van der Waals surface area contributed by atoms with Crippen molar-refractivity contribution in [1.82, 2.24) is 15.0 Å². The molecule has 138 valence electrons. The van der Waals surface area contributed by atoms with E-state index in [0.29, 0.717) is 28.2 Å². The van der Waals surface area contributed by atoms with Gasteiger partial charge in [-0.15, -0.1) is 0 Å². The fourth-order valence-electron chi connectivity index (χ4n) is 2.40. The number of imidazole rings is 1. The lowest BCUT2D eigenvalue weighted by Gasteiger charge is -2.10. The van der Waals surface area contributed by atoms with E-state index in [1.807, 2.05) is 0 Å². The minimum atomic E-state index is -2.92. The van der Waals surface area contributed by atoms with E-state index in [2.05, 4.69) is 19.7 Å². The van der Waals surface area contributed by atoms with Crippen molar-refractivity contribution in [3.05, 3.63) is 36.2 Å². The molecule has 1 atom stereocenters. The number of hydrogen-bond donors (Lipinski definition) is 1. The van der Waals surface area contributed by atoms with Gasteiger partial charge in [-0.3, -0.25) is 9.19 Å². The Balaban J connectivity index is 1.86. The van der Waals surface area contributed by atoms with Crippen LogP contribution in [0.25, 0.3) is 11.0 Å². The lowest BCUT2D eigenvalue weighted by atomic mass is 10.3. The van der Waals surface area contributed by atoms with Gasteiger partial charge in [-0.2, -0.15) is 8.78 Å². The highest BCUT2D eigenvalue weighted by atomic mass is 32.2. The molecule has 2 aromatic heterocycles. The summed E-state index contributed by atoms with van der Waals surface area (Å²) in [6.45, 7) is -2.92. The first-order valence-electron chi connectivity index (χ1n) is 7.40. The van der Waals surface area contributed by atoms with E-state index in [-0.39, 0.29) is 16.7 Å². The first-order valence-corrected chi connectivity index (χ1v) is 8.72. The average Bonchev–Trinajstić information content (AvgIpc) is 3.04. The van der Waals surface area contributed by atoms with Crippen molar-refractivity contribution in [3.8, 4) is 17.2 Å². The SMILES string of the molecule is COc1c(O[13CH3])ccnc1CS(=O)c1nc2ccc(OC(F)F)cc2[nH]1. The van der Waals surface area contributed by atoms with Crippen molar-refractivity contribution >= 4 is 21.8 Å². The van der Waals surface area contributed by atoms with Crippen molar-refractivity contribution in [2.75, 3.05) is 14.2 Å². The van der Waals surface area contributed by atoms with E-state index in [9.17, 15) is 13.0 Å². The molecule has 0 fully saturated rings. The Kier molecular flexibility index (Phi) is 5.31. The first kappa shape index (κ1) is 18.1. The average molecular weight is 384 g/mol. The number of pyridine rings is 1. The summed E-state index contributed by atoms with van der Waals surface area (Å²) in [7, 11) is 1.41. The van der Waals surface area contributed by atoms with Gasteiger partial charge in [0.2, 0.25) is 0 Å². The van der Waals surface area contributed by atoms with E-state index in [1.54, 1.807) is 6.07 Å². The predicted octanol–water partition coefficient (Wildman–Crippen LogP) is 2.88. The minimum Gasteiger partial charge on any atom is -0.493 e. The van der Waals surface area contributed by atoms with Crippen LogP contribution in [0, 0.1) is 0 Å². The van der Waals surface area contributed by atoms with Crippen LogP contribution in [0.15, 0.2) is 35.6 Å². The molecule has 0 amide bonds. The molecule has 2 heterocycles. The number of aromatic amines is 1. The molecule has 0 aliphatic rings. The van der Waals surface area contributed by atoms with Crippen molar-refractivity contribution in [2.45, 2.75) is 17.5 Å². The second-order valence-electron chi connectivity index (χ2n) is 5.08. The van der Waals surface area contributed by atoms with Crippen LogP contribution in [-0.2, 0) is 16.6 Å². The summed E-state index contributed by atoms with van der Waals surface area (Å²) in [5.41, 5.74) is 1.38. The lowest BCUT2D eigenvalue weighted by Crippen LogP contribution is -2.04. The lowest BCUT2D eigenvalue weighted by molar-refractivity contribution is -0.0497. The Morgan fingerprint density at radius 2 is 2.04 bits per heavy atom. The van der Waals surface area contributed by atoms with Crippen LogP contribution in [0.3, 0.4) is 0 Å². The number of ether oxygens (including phenoxy) is 3. The quantitative estimate of drug-likeness (QED) is 0.631. The zero-order valence-electron chi connectivity index (χ0n) is 13.9. The number of aromatic nitrogens is 3. The van der Waals surface area contributed by atoms with E-state index in [0.717, 1.165) is 0 Å². The third-order valence-electron chi connectivity index (χ3n) is 3.51. The standard InChI is InChI=1S/C16H15F2N3O4S/c1-23-13-5-6-19-12(14(13)24-2)8-26(22)16-20-10-4-3-9(25-15(17)18)7-11(10)21-16/h3-7,15H,8H2,1-2H3,(H,20,21)/i1+1. The molecular weight excluding hydrogens is 369 g/mol. The van der Waals surface area contributed by atoms with E-state index in [4.69, 9.17) is 9.47 Å². The van der Waals surface area contributed by atoms with E-state index in [1.165, 1.54) is 38.6 Å². The molecular formula is C16H15F2N3O4S. The van der Waals surface area contributed by atoms with Gasteiger partial charge in [0.15, 0.2) is 16.7 Å². The molecule has 3 aromatic rings. The first-order chi connectivity index (χ1) is 12.5. The molecule has 0 saturated carbocycles. The molecule has 3 rings (SSSR count). The molecule has 0 radical (unpaired) electrons. The number of halogens is 2. The fourth-order valence-corrected chi connectivity index (χ4v) is 3.41. The minimum absolute atomic E-state index is 0.00962. The largest absolute Gasteiger partial charge is 0.493 e. The van der Waals surface area contributed by atoms with Crippen LogP contribution in [0.1, 0.15) is 5.69 Å². The Hall–Kier alpha value is -2.75. The van der Waals surface area contributed by atoms with Crippen LogP contribution >= 0.6 is 0 Å². The van der Waals surface area contributed by atoms with Crippen molar-refractivity contribution in [2.24, 2.45) is 0 Å². The summed E-state index contributed by atoms with van der Waals surface area (Å²) in [6, 6.07) is 5.89. The van der Waals surface area contributed by atoms with E-state index < -0.39 is 17.4 Å². The van der Waals surface area contributed by atoms with Crippen LogP contribution < -0.4 is 14.2 Å². The van der Waals surface area contributed by atoms with Gasteiger partial charge < -0.3 is 19.2 Å². The van der Waals surface area contributed by atoms with Gasteiger partial charge in [-0.1, -0.05) is 0 Å². The highest BCUT2D eigenvalue weighted by Gasteiger charge is 2.17. The maximum atomic E-state index is 12.6. The number of fused-ring (bicyclic) bond motifs is 1. The number of benzene rings is 1. The molecule has 7 nitrogen and oxygen atoms in total.